The Morgan fingerprint density at radius 1 is 1.30 bits per heavy atom. The standard InChI is InChI=1S/C14H17ClN2O3/c15-8-2-1-3-13(18)16-11-4-6-12(7-5-11)17-9-10-20-14(17)19/h4-7H,1-3,8-10H2,(H,16,18). The highest BCUT2D eigenvalue weighted by molar-refractivity contribution is 6.17. The summed E-state index contributed by atoms with van der Waals surface area (Å²) in [4.78, 5) is 24.6. The van der Waals surface area contributed by atoms with Crippen molar-refractivity contribution >= 4 is 35.0 Å². The molecule has 0 bridgehead atoms. The van der Waals surface area contributed by atoms with Gasteiger partial charge < -0.3 is 10.1 Å². The number of hydrogen-bond acceptors (Lipinski definition) is 3. The van der Waals surface area contributed by atoms with Crippen LogP contribution in [0.5, 0.6) is 0 Å². The molecule has 6 heteroatoms. The molecule has 1 saturated heterocycles. The van der Waals surface area contributed by atoms with Crippen LogP contribution >= 0.6 is 11.6 Å². The number of alkyl halides is 1. The fourth-order valence-corrected chi connectivity index (χ4v) is 2.15. The van der Waals surface area contributed by atoms with Crippen molar-refractivity contribution in [2.75, 3.05) is 29.2 Å². The number of ether oxygens (including phenoxy) is 1. The highest BCUT2D eigenvalue weighted by Gasteiger charge is 2.23. The van der Waals surface area contributed by atoms with Crippen LogP contribution in [-0.2, 0) is 9.53 Å². The van der Waals surface area contributed by atoms with E-state index in [0.717, 1.165) is 24.2 Å². The van der Waals surface area contributed by atoms with Gasteiger partial charge in [0.2, 0.25) is 5.91 Å². The summed E-state index contributed by atoms with van der Waals surface area (Å²) in [6.07, 6.45) is 1.76. The van der Waals surface area contributed by atoms with Crippen molar-refractivity contribution in [1.29, 1.82) is 0 Å². The van der Waals surface area contributed by atoms with Gasteiger partial charge in [0.1, 0.15) is 6.61 Å². The minimum absolute atomic E-state index is 0.0246. The molecule has 0 saturated carbocycles. The van der Waals surface area contributed by atoms with Crippen LogP contribution in [0.1, 0.15) is 19.3 Å². The van der Waals surface area contributed by atoms with Crippen molar-refractivity contribution in [2.24, 2.45) is 0 Å². The molecule has 1 aliphatic rings. The molecule has 0 aromatic heterocycles. The summed E-state index contributed by atoms with van der Waals surface area (Å²) >= 11 is 5.56. The van der Waals surface area contributed by atoms with Gasteiger partial charge in [-0.05, 0) is 37.1 Å². The second kappa shape index (κ2) is 7.14. The number of halogens is 1. The fourth-order valence-electron chi connectivity index (χ4n) is 1.96. The summed E-state index contributed by atoms with van der Waals surface area (Å²) in [6.45, 7) is 0.973. The van der Waals surface area contributed by atoms with Gasteiger partial charge in [0.15, 0.2) is 0 Å². The minimum atomic E-state index is -0.331. The maximum atomic E-state index is 11.6. The van der Waals surface area contributed by atoms with E-state index in [4.69, 9.17) is 16.3 Å². The Labute approximate surface area is 122 Å². The van der Waals surface area contributed by atoms with Gasteiger partial charge in [-0.15, -0.1) is 11.6 Å². The molecule has 0 unspecified atom stereocenters. The van der Waals surface area contributed by atoms with Gasteiger partial charge in [0.05, 0.1) is 6.54 Å². The van der Waals surface area contributed by atoms with Crippen molar-refractivity contribution in [1.82, 2.24) is 0 Å². The zero-order valence-electron chi connectivity index (χ0n) is 11.1. The first-order valence-corrected chi connectivity index (χ1v) is 7.14. The Bertz CT molecular complexity index is 476. The van der Waals surface area contributed by atoms with Crippen molar-refractivity contribution in [3.05, 3.63) is 24.3 Å². The predicted molar refractivity (Wildman–Crippen MR) is 78.3 cm³/mol. The first-order valence-electron chi connectivity index (χ1n) is 6.61. The monoisotopic (exact) mass is 296 g/mol. The molecule has 0 atom stereocenters. The van der Waals surface area contributed by atoms with Crippen LogP contribution in [0.2, 0.25) is 0 Å². The normalized spacial score (nSPS) is 14.2. The summed E-state index contributed by atoms with van der Waals surface area (Å²) in [7, 11) is 0. The highest BCUT2D eigenvalue weighted by atomic mass is 35.5. The largest absolute Gasteiger partial charge is 0.447 e. The van der Waals surface area contributed by atoms with Crippen LogP contribution in [0.25, 0.3) is 0 Å². The van der Waals surface area contributed by atoms with Crippen LogP contribution in [0.3, 0.4) is 0 Å². The number of unbranched alkanes of at least 4 members (excludes halogenated alkanes) is 1. The second-order valence-corrected chi connectivity index (χ2v) is 4.89. The van der Waals surface area contributed by atoms with Gasteiger partial charge in [-0.25, -0.2) is 4.79 Å². The number of nitrogens with zero attached hydrogens (tertiary/aromatic N) is 1. The van der Waals surface area contributed by atoms with E-state index >= 15 is 0 Å². The minimum Gasteiger partial charge on any atom is -0.447 e. The van der Waals surface area contributed by atoms with Crippen LogP contribution in [-0.4, -0.2) is 31.0 Å². The first kappa shape index (κ1) is 14.7. The lowest BCUT2D eigenvalue weighted by Gasteiger charge is -2.13. The Balaban J connectivity index is 1.88. The van der Waals surface area contributed by atoms with E-state index in [-0.39, 0.29) is 12.0 Å². The summed E-state index contributed by atoms with van der Waals surface area (Å²) in [6, 6.07) is 7.14. The quantitative estimate of drug-likeness (QED) is 0.648. The summed E-state index contributed by atoms with van der Waals surface area (Å²) < 4.78 is 4.88. The summed E-state index contributed by atoms with van der Waals surface area (Å²) in [5.74, 6) is 0.553. The van der Waals surface area contributed by atoms with E-state index in [1.165, 1.54) is 0 Å². The van der Waals surface area contributed by atoms with Crippen molar-refractivity contribution in [2.45, 2.75) is 19.3 Å². The number of hydrogen-bond donors (Lipinski definition) is 1. The second-order valence-electron chi connectivity index (χ2n) is 4.51. The molecule has 1 N–H and O–H groups in total. The van der Waals surface area contributed by atoms with Gasteiger partial charge in [-0.2, -0.15) is 0 Å². The number of rotatable bonds is 6. The fraction of sp³-hybridized carbons (Fsp3) is 0.429. The lowest BCUT2D eigenvalue weighted by atomic mass is 10.2. The van der Waals surface area contributed by atoms with E-state index < -0.39 is 0 Å². The number of amides is 2. The topological polar surface area (TPSA) is 58.6 Å². The van der Waals surface area contributed by atoms with E-state index in [1.807, 2.05) is 0 Å². The average Bonchev–Trinajstić information content (AvgIpc) is 2.86. The van der Waals surface area contributed by atoms with Crippen molar-refractivity contribution in [3.8, 4) is 0 Å². The number of benzene rings is 1. The molecule has 0 spiro atoms. The lowest BCUT2D eigenvalue weighted by molar-refractivity contribution is -0.116. The third-order valence-corrected chi connectivity index (χ3v) is 3.28. The van der Waals surface area contributed by atoms with Crippen LogP contribution in [0.15, 0.2) is 24.3 Å². The molecule has 108 valence electrons. The molecule has 2 rings (SSSR count). The first-order chi connectivity index (χ1) is 9.70. The Kier molecular flexibility index (Phi) is 5.24. The molecule has 0 radical (unpaired) electrons. The highest BCUT2D eigenvalue weighted by Crippen LogP contribution is 2.21. The lowest BCUT2D eigenvalue weighted by Crippen LogP contribution is -2.23. The Morgan fingerprint density at radius 2 is 2.05 bits per heavy atom. The van der Waals surface area contributed by atoms with E-state index in [0.29, 0.717) is 25.5 Å². The number of anilines is 2. The summed E-state index contributed by atoms with van der Waals surface area (Å²) in [5, 5.41) is 2.81. The van der Waals surface area contributed by atoms with Crippen LogP contribution in [0, 0.1) is 0 Å². The number of cyclic esters (lactones) is 1. The zero-order valence-corrected chi connectivity index (χ0v) is 11.9. The molecule has 0 aliphatic carbocycles. The molecule has 1 aliphatic heterocycles. The van der Waals surface area contributed by atoms with Crippen molar-refractivity contribution in [3.63, 3.8) is 0 Å². The van der Waals surface area contributed by atoms with Gasteiger partial charge in [-0.3, -0.25) is 9.69 Å². The predicted octanol–water partition coefficient (Wildman–Crippen LogP) is 2.99. The smallest absolute Gasteiger partial charge is 0.414 e. The zero-order chi connectivity index (χ0) is 14.4. The molecular formula is C14H17ClN2O3. The Hall–Kier alpha value is -1.75. The van der Waals surface area contributed by atoms with Gasteiger partial charge in [0.25, 0.3) is 0 Å². The van der Waals surface area contributed by atoms with Gasteiger partial charge in [0, 0.05) is 23.7 Å². The van der Waals surface area contributed by atoms with Gasteiger partial charge >= 0.3 is 6.09 Å². The maximum Gasteiger partial charge on any atom is 0.414 e. The van der Waals surface area contributed by atoms with E-state index in [1.54, 1.807) is 29.2 Å². The number of nitrogens with one attached hydrogen (secondary N) is 1. The van der Waals surface area contributed by atoms with Crippen molar-refractivity contribution < 1.29 is 14.3 Å². The Morgan fingerprint density at radius 3 is 2.65 bits per heavy atom. The average molecular weight is 297 g/mol. The summed E-state index contributed by atoms with van der Waals surface area (Å²) in [5.41, 5.74) is 1.49. The molecule has 20 heavy (non-hydrogen) atoms. The molecule has 1 aromatic rings. The van der Waals surface area contributed by atoms with Gasteiger partial charge in [-0.1, -0.05) is 0 Å². The molecule has 2 amide bonds. The van der Waals surface area contributed by atoms with E-state index in [2.05, 4.69) is 5.32 Å². The number of carbonyl (C=O) groups excluding carboxylic acids is 2. The molecule has 1 aromatic carbocycles. The molecule has 5 nitrogen and oxygen atoms in total. The molecule has 1 heterocycles. The maximum absolute atomic E-state index is 11.6. The third kappa shape index (κ3) is 3.87. The molecular weight excluding hydrogens is 280 g/mol. The molecule has 1 fully saturated rings. The van der Waals surface area contributed by atoms with Crippen LogP contribution < -0.4 is 10.2 Å². The number of carbonyl (C=O) groups is 2. The van der Waals surface area contributed by atoms with E-state index in [9.17, 15) is 9.59 Å². The SMILES string of the molecule is O=C(CCCCCl)Nc1ccc(N2CCOC2=O)cc1. The van der Waals surface area contributed by atoms with Crippen LogP contribution in [0.4, 0.5) is 16.2 Å². The third-order valence-electron chi connectivity index (χ3n) is 3.01.